The highest BCUT2D eigenvalue weighted by Gasteiger charge is 2.35. The van der Waals surface area contributed by atoms with Crippen LogP contribution in [0.5, 0.6) is 0 Å². The van der Waals surface area contributed by atoms with Crippen molar-refractivity contribution in [2.45, 2.75) is 23.3 Å². The van der Waals surface area contributed by atoms with E-state index in [1.165, 1.54) is 7.11 Å². The van der Waals surface area contributed by atoms with Crippen LogP contribution in [-0.2, 0) is 14.8 Å². The maximum Gasteiger partial charge on any atom is 0.243 e. The minimum absolute atomic E-state index is 0. The molecule has 1 aromatic carbocycles. The van der Waals surface area contributed by atoms with E-state index in [9.17, 15) is 17.2 Å². The number of hydrogen-bond donors (Lipinski definition) is 2. The predicted molar refractivity (Wildman–Crippen MR) is 80.6 cm³/mol. The van der Waals surface area contributed by atoms with Crippen LogP contribution in [-0.4, -0.2) is 40.8 Å². The second kappa shape index (κ2) is 7.65. The molecule has 0 saturated carbocycles. The van der Waals surface area contributed by atoms with Crippen LogP contribution in [0.15, 0.2) is 23.1 Å². The fourth-order valence-electron chi connectivity index (χ4n) is 2.47. The van der Waals surface area contributed by atoms with Crippen LogP contribution in [0.3, 0.4) is 0 Å². The molecular weight excluding hydrogens is 338 g/mol. The lowest BCUT2D eigenvalue weighted by Gasteiger charge is -2.28. The van der Waals surface area contributed by atoms with Crippen molar-refractivity contribution < 1.29 is 21.9 Å². The van der Waals surface area contributed by atoms with Crippen molar-refractivity contribution in [3.63, 3.8) is 0 Å². The van der Waals surface area contributed by atoms with Crippen LogP contribution in [0.25, 0.3) is 0 Å². The van der Waals surface area contributed by atoms with Crippen LogP contribution in [0, 0.1) is 11.6 Å². The molecule has 1 atom stereocenters. The molecule has 1 saturated heterocycles. The minimum Gasteiger partial charge on any atom is -0.383 e. The van der Waals surface area contributed by atoms with Gasteiger partial charge in [-0.25, -0.2) is 21.9 Å². The zero-order valence-electron chi connectivity index (χ0n) is 12.1. The molecule has 1 unspecified atom stereocenters. The zero-order valence-corrected chi connectivity index (χ0v) is 13.7. The number of methoxy groups -OCH3 is 1. The Bertz CT molecular complexity index is 607. The second-order valence-electron chi connectivity index (χ2n) is 5.12. The van der Waals surface area contributed by atoms with Crippen molar-refractivity contribution >= 4 is 22.4 Å². The van der Waals surface area contributed by atoms with E-state index < -0.39 is 32.1 Å². The molecule has 126 valence electrons. The summed E-state index contributed by atoms with van der Waals surface area (Å²) in [5.74, 6) is -2.56. The molecule has 1 aromatic rings. The van der Waals surface area contributed by atoms with Gasteiger partial charge >= 0.3 is 0 Å². The van der Waals surface area contributed by atoms with E-state index in [2.05, 4.69) is 10.0 Å². The molecule has 9 heteroatoms. The third kappa shape index (κ3) is 4.14. The summed E-state index contributed by atoms with van der Waals surface area (Å²) in [6.07, 6.45) is 1.65. The first-order chi connectivity index (χ1) is 9.90. The number of sulfonamides is 1. The molecule has 22 heavy (non-hydrogen) atoms. The van der Waals surface area contributed by atoms with E-state index in [-0.39, 0.29) is 19.0 Å². The predicted octanol–water partition coefficient (Wildman–Crippen LogP) is 1.43. The van der Waals surface area contributed by atoms with Gasteiger partial charge in [-0.3, -0.25) is 0 Å². The maximum atomic E-state index is 13.6. The van der Waals surface area contributed by atoms with Gasteiger partial charge in [-0.1, -0.05) is 6.07 Å². The Hall–Kier alpha value is -0.800. The monoisotopic (exact) mass is 356 g/mol. The molecule has 0 amide bonds. The first-order valence-electron chi connectivity index (χ1n) is 6.58. The number of nitrogens with one attached hydrogen (secondary N) is 2. The van der Waals surface area contributed by atoms with Crippen molar-refractivity contribution in [2.75, 3.05) is 26.8 Å². The number of ether oxygens (including phenoxy) is 1. The Balaban J connectivity index is 0.00000242. The number of benzene rings is 1. The Kier molecular flexibility index (Phi) is 6.69. The largest absolute Gasteiger partial charge is 0.383 e. The molecule has 1 aliphatic rings. The molecular formula is C13H19ClF2N2O3S. The van der Waals surface area contributed by atoms with Gasteiger partial charge in [-0.05, 0) is 31.5 Å². The molecule has 0 spiro atoms. The number of halogens is 3. The maximum absolute atomic E-state index is 13.6. The summed E-state index contributed by atoms with van der Waals surface area (Å²) in [7, 11) is -2.59. The summed E-state index contributed by atoms with van der Waals surface area (Å²) in [6, 6.07) is 3.07. The highest BCUT2D eigenvalue weighted by Crippen LogP contribution is 2.21. The molecule has 1 heterocycles. The van der Waals surface area contributed by atoms with Crippen LogP contribution in [0.2, 0.25) is 0 Å². The van der Waals surface area contributed by atoms with Gasteiger partial charge in [0.25, 0.3) is 0 Å². The van der Waals surface area contributed by atoms with Gasteiger partial charge in [0.1, 0.15) is 4.90 Å². The molecule has 2 rings (SSSR count). The first kappa shape index (κ1) is 19.2. The smallest absolute Gasteiger partial charge is 0.243 e. The van der Waals surface area contributed by atoms with Gasteiger partial charge in [0.15, 0.2) is 11.6 Å². The standard InChI is InChI=1S/C13H18F2N2O3S.ClH/c1-20-9-13(6-3-7-16-13)8-17-21(18,19)11-5-2-4-10(14)12(11)15;/h2,4-5,16-17H,3,6-9H2,1H3;1H. The average molecular weight is 357 g/mol. The van der Waals surface area contributed by atoms with E-state index in [0.717, 1.165) is 37.6 Å². The number of hydrogen-bond acceptors (Lipinski definition) is 4. The van der Waals surface area contributed by atoms with Crippen molar-refractivity contribution in [1.82, 2.24) is 10.0 Å². The van der Waals surface area contributed by atoms with E-state index in [0.29, 0.717) is 6.61 Å². The van der Waals surface area contributed by atoms with Gasteiger partial charge < -0.3 is 10.1 Å². The SMILES string of the molecule is COCC1(CNS(=O)(=O)c2cccc(F)c2F)CCCN1.Cl. The van der Waals surface area contributed by atoms with Gasteiger partial charge in [-0.2, -0.15) is 0 Å². The molecule has 2 N–H and O–H groups in total. The van der Waals surface area contributed by atoms with Crippen molar-refractivity contribution in [3.05, 3.63) is 29.8 Å². The van der Waals surface area contributed by atoms with Gasteiger partial charge in [0, 0.05) is 13.7 Å². The molecule has 0 radical (unpaired) electrons. The number of rotatable bonds is 6. The fraction of sp³-hybridized carbons (Fsp3) is 0.538. The first-order valence-corrected chi connectivity index (χ1v) is 8.06. The summed E-state index contributed by atoms with van der Waals surface area (Å²) in [5, 5.41) is 3.20. The Morgan fingerprint density at radius 3 is 2.73 bits per heavy atom. The van der Waals surface area contributed by atoms with Gasteiger partial charge in [-0.15, -0.1) is 12.4 Å². The average Bonchev–Trinajstić information content (AvgIpc) is 2.89. The van der Waals surface area contributed by atoms with E-state index >= 15 is 0 Å². The summed E-state index contributed by atoms with van der Waals surface area (Å²) in [6.45, 7) is 1.15. The topological polar surface area (TPSA) is 67.4 Å². The molecule has 0 aromatic heterocycles. The summed E-state index contributed by atoms with van der Waals surface area (Å²) in [4.78, 5) is -0.687. The molecule has 1 fully saturated rings. The summed E-state index contributed by atoms with van der Waals surface area (Å²) >= 11 is 0. The third-order valence-electron chi connectivity index (χ3n) is 3.56. The fourth-order valence-corrected chi connectivity index (χ4v) is 3.69. The Morgan fingerprint density at radius 1 is 1.41 bits per heavy atom. The third-order valence-corrected chi connectivity index (χ3v) is 4.98. The quantitative estimate of drug-likeness (QED) is 0.809. The van der Waals surface area contributed by atoms with Gasteiger partial charge in [0.2, 0.25) is 10.0 Å². The van der Waals surface area contributed by atoms with Crippen molar-refractivity contribution in [3.8, 4) is 0 Å². The Labute approximate surface area is 134 Å². The van der Waals surface area contributed by atoms with E-state index in [1.54, 1.807) is 0 Å². The molecule has 0 bridgehead atoms. The molecule has 5 nitrogen and oxygen atoms in total. The highest BCUT2D eigenvalue weighted by molar-refractivity contribution is 7.89. The summed E-state index contributed by atoms with van der Waals surface area (Å²) < 4.78 is 58.4. The molecule has 0 aliphatic carbocycles. The van der Waals surface area contributed by atoms with Crippen LogP contribution < -0.4 is 10.0 Å². The Morgan fingerprint density at radius 2 is 2.14 bits per heavy atom. The van der Waals surface area contributed by atoms with Crippen LogP contribution >= 0.6 is 12.4 Å². The van der Waals surface area contributed by atoms with Crippen molar-refractivity contribution in [2.24, 2.45) is 0 Å². The second-order valence-corrected chi connectivity index (χ2v) is 6.86. The molecule has 1 aliphatic heterocycles. The highest BCUT2D eigenvalue weighted by atomic mass is 35.5. The zero-order chi connectivity index (χ0) is 15.5. The summed E-state index contributed by atoms with van der Waals surface area (Å²) in [5.41, 5.74) is -0.508. The lowest BCUT2D eigenvalue weighted by Crippen LogP contribution is -2.52. The van der Waals surface area contributed by atoms with E-state index in [1.807, 2.05) is 0 Å². The van der Waals surface area contributed by atoms with Crippen LogP contribution in [0.4, 0.5) is 8.78 Å². The normalized spacial score (nSPS) is 21.6. The lowest BCUT2D eigenvalue weighted by molar-refractivity contribution is 0.122. The van der Waals surface area contributed by atoms with Gasteiger partial charge in [0.05, 0.1) is 12.1 Å². The lowest BCUT2D eigenvalue weighted by atomic mass is 9.99. The van der Waals surface area contributed by atoms with E-state index in [4.69, 9.17) is 4.74 Å². The van der Waals surface area contributed by atoms with Crippen LogP contribution in [0.1, 0.15) is 12.8 Å². The minimum atomic E-state index is -4.12. The van der Waals surface area contributed by atoms with Crippen molar-refractivity contribution in [1.29, 1.82) is 0 Å².